The summed E-state index contributed by atoms with van der Waals surface area (Å²) in [6.07, 6.45) is -2.87. The molecule has 4 heterocycles. The molecule has 0 saturated carbocycles. The van der Waals surface area contributed by atoms with E-state index in [1.54, 1.807) is 6.92 Å². The van der Waals surface area contributed by atoms with Gasteiger partial charge in [-0.3, -0.25) is 9.09 Å². The second-order valence-corrected chi connectivity index (χ2v) is 11.9. The molecule has 2 saturated heterocycles. The predicted octanol–water partition coefficient (Wildman–Crippen LogP) is -0.525. The van der Waals surface area contributed by atoms with Crippen LogP contribution in [-0.4, -0.2) is 81.6 Å². The van der Waals surface area contributed by atoms with Crippen LogP contribution < -0.4 is 10.5 Å². The number of nitrogens with zero attached hydrogens (tertiary/aromatic N) is 4. The maximum absolute atomic E-state index is 15.7. The monoisotopic (exact) mass is 581 g/mol. The van der Waals surface area contributed by atoms with Crippen LogP contribution >= 0.6 is 23.5 Å². The van der Waals surface area contributed by atoms with Crippen LogP contribution in [0.25, 0.3) is 11.2 Å². The predicted molar refractivity (Wildman–Crippen MR) is 109 cm³/mol. The van der Waals surface area contributed by atoms with E-state index in [2.05, 4.69) is 28.1 Å². The Labute approximate surface area is 199 Å². The average molecular weight is 581 g/mol. The SMILES string of the molecule is CCOc1nc(N)nc2c1ncn2[C@@H]1O[C@@]2(COP(=O)(O)OP(=O)(O)OP(=O)(O)O)CO[C@]1(F)[C@@H]2O. The van der Waals surface area contributed by atoms with E-state index >= 15 is 4.39 Å². The van der Waals surface area contributed by atoms with E-state index in [-0.39, 0.29) is 29.6 Å². The van der Waals surface area contributed by atoms with Gasteiger partial charge in [0.05, 0.1) is 26.1 Å². The van der Waals surface area contributed by atoms with Gasteiger partial charge < -0.3 is 44.6 Å². The fourth-order valence-electron chi connectivity index (χ4n) is 3.57. The molecule has 23 heteroatoms. The molecule has 2 fully saturated rings. The Morgan fingerprint density at radius 2 is 1.92 bits per heavy atom. The van der Waals surface area contributed by atoms with Gasteiger partial charge in [0.25, 0.3) is 5.85 Å². The summed E-state index contributed by atoms with van der Waals surface area (Å²) in [7, 11) is -17.0. The molecule has 4 rings (SSSR count). The standard InChI is InChI=1S/C13H19FN5O14P3/c1-2-28-8-6-7(17-11(15)18-8)19(5-16-6)10-13(14)9(20)12(31-10,3-29-13)4-30-35(24,25)33-36(26,27)32-34(21,22)23/h5,9-10,20H,2-4H2,1H3,(H,24,25)(H,26,27)(H2,15,17,18)(H2,21,22,23)/t9-,10-,12-,13-/m1/s1. The van der Waals surface area contributed by atoms with Crippen LogP contribution in [0.4, 0.5) is 10.3 Å². The number of aromatic nitrogens is 4. The number of aliphatic hydroxyl groups is 1. The summed E-state index contributed by atoms with van der Waals surface area (Å²) in [5, 5.41) is 10.6. The fourth-order valence-corrected chi connectivity index (χ4v) is 6.64. The van der Waals surface area contributed by atoms with E-state index in [1.807, 2.05) is 0 Å². The van der Waals surface area contributed by atoms with Gasteiger partial charge in [-0.2, -0.15) is 18.6 Å². The Morgan fingerprint density at radius 3 is 2.56 bits per heavy atom. The van der Waals surface area contributed by atoms with Gasteiger partial charge in [-0.25, -0.2) is 23.1 Å². The first-order valence-corrected chi connectivity index (χ1v) is 14.1. The minimum Gasteiger partial charge on any atom is -0.476 e. The number of halogens is 1. The van der Waals surface area contributed by atoms with E-state index in [9.17, 15) is 28.6 Å². The number of phosphoric ester groups is 1. The number of hydrogen-bond donors (Lipinski definition) is 6. The van der Waals surface area contributed by atoms with Crippen molar-refractivity contribution in [2.45, 2.75) is 30.7 Å². The summed E-state index contributed by atoms with van der Waals surface area (Å²) in [5.74, 6) is -3.23. The van der Waals surface area contributed by atoms with E-state index < -0.39 is 60.5 Å². The minimum atomic E-state index is -5.80. The minimum absolute atomic E-state index is 0.0151. The lowest BCUT2D eigenvalue weighted by Gasteiger charge is -2.32. The van der Waals surface area contributed by atoms with Crippen LogP contribution in [-0.2, 0) is 36.3 Å². The normalized spacial score (nSPS) is 31.4. The number of imidazole rings is 1. The lowest BCUT2D eigenvalue weighted by atomic mass is 9.99. The Kier molecular flexibility index (Phi) is 6.84. The smallest absolute Gasteiger partial charge is 0.476 e. The first-order chi connectivity index (χ1) is 16.5. The Balaban J connectivity index is 1.58. The number of alkyl halides is 1. The molecule has 19 nitrogen and oxygen atoms in total. The molecular weight excluding hydrogens is 562 g/mol. The molecule has 6 atom stereocenters. The molecule has 0 radical (unpaired) electrons. The molecular formula is C13H19FN5O14P3. The number of ether oxygens (including phenoxy) is 3. The van der Waals surface area contributed by atoms with Crippen LogP contribution in [0.15, 0.2) is 6.33 Å². The molecule has 0 aromatic carbocycles. The first kappa shape index (κ1) is 27.4. The fraction of sp³-hybridized carbons (Fsp3) is 0.615. The molecule has 2 unspecified atom stereocenters. The zero-order chi connectivity index (χ0) is 26.7. The van der Waals surface area contributed by atoms with Crippen molar-refractivity contribution in [3.8, 4) is 5.88 Å². The largest absolute Gasteiger partial charge is 0.490 e. The molecule has 0 amide bonds. The van der Waals surface area contributed by atoms with Crippen molar-refractivity contribution in [1.82, 2.24) is 19.5 Å². The van der Waals surface area contributed by atoms with Crippen molar-refractivity contribution in [2.75, 3.05) is 25.6 Å². The zero-order valence-corrected chi connectivity index (χ0v) is 20.5. The molecule has 2 aromatic rings. The molecule has 7 N–H and O–H groups in total. The summed E-state index contributed by atoms with van der Waals surface area (Å²) in [5.41, 5.74) is 3.51. The number of nitrogens with two attached hydrogens (primary N) is 1. The highest BCUT2D eigenvalue weighted by molar-refractivity contribution is 7.66. The van der Waals surface area contributed by atoms with Crippen molar-refractivity contribution < 1.29 is 70.1 Å². The number of rotatable bonds is 10. The van der Waals surface area contributed by atoms with Gasteiger partial charge in [0.15, 0.2) is 23.5 Å². The number of phosphoric acid groups is 3. The van der Waals surface area contributed by atoms with Crippen molar-refractivity contribution in [3.63, 3.8) is 0 Å². The van der Waals surface area contributed by atoms with Crippen molar-refractivity contribution in [3.05, 3.63) is 6.33 Å². The summed E-state index contributed by atoms with van der Waals surface area (Å²) < 4.78 is 78.8. The van der Waals surface area contributed by atoms with Crippen LogP contribution in [0.1, 0.15) is 13.2 Å². The summed E-state index contributed by atoms with van der Waals surface area (Å²) in [6, 6.07) is 0. The van der Waals surface area contributed by atoms with Crippen LogP contribution in [0.3, 0.4) is 0 Å². The molecule has 2 bridgehead atoms. The topological polar surface area (TPSA) is 277 Å². The summed E-state index contributed by atoms with van der Waals surface area (Å²) >= 11 is 0. The third-order valence-corrected chi connectivity index (χ3v) is 8.70. The molecule has 2 aromatic heterocycles. The average Bonchev–Trinajstić information content (AvgIpc) is 3.30. The Bertz CT molecular complexity index is 1320. The van der Waals surface area contributed by atoms with Gasteiger partial charge in [0, 0.05) is 0 Å². The zero-order valence-electron chi connectivity index (χ0n) is 17.8. The number of fused-ring (bicyclic) bond motifs is 3. The molecule has 36 heavy (non-hydrogen) atoms. The molecule has 2 aliphatic rings. The van der Waals surface area contributed by atoms with Gasteiger partial charge in [-0.1, -0.05) is 0 Å². The number of hydrogen-bond acceptors (Lipinski definition) is 14. The second-order valence-electron chi connectivity index (χ2n) is 7.43. The van der Waals surface area contributed by atoms with Gasteiger partial charge in [0.2, 0.25) is 11.8 Å². The quantitative estimate of drug-likeness (QED) is 0.192. The third-order valence-electron chi connectivity index (χ3n) is 4.92. The maximum atomic E-state index is 15.7. The van der Waals surface area contributed by atoms with E-state index in [1.165, 1.54) is 0 Å². The van der Waals surface area contributed by atoms with Gasteiger partial charge in [0.1, 0.15) is 5.60 Å². The highest BCUT2D eigenvalue weighted by Gasteiger charge is 2.73. The second kappa shape index (κ2) is 8.99. The number of anilines is 1. The number of nitrogen functional groups attached to an aromatic ring is 1. The molecule has 202 valence electrons. The van der Waals surface area contributed by atoms with Gasteiger partial charge in [-0.15, -0.1) is 0 Å². The highest BCUT2D eigenvalue weighted by atomic mass is 31.3. The highest BCUT2D eigenvalue weighted by Crippen LogP contribution is 2.67. The molecule has 0 spiro atoms. The van der Waals surface area contributed by atoms with Crippen LogP contribution in [0.5, 0.6) is 5.88 Å². The van der Waals surface area contributed by atoms with Gasteiger partial charge >= 0.3 is 23.5 Å². The van der Waals surface area contributed by atoms with Crippen molar-refractivity contribution in [2.24, 2.45) is 0 Å². The molecule has 0 aliphatic carbocycles. The Hall–Kier alpha value is -1.63. The van der Waals surface area contributed by atoms with Gasteiger partial charge in [-0.05, 0) is 6.92 Å². The van der Waals surface area contributed by atoms with E-state index in [4.69, 9.17) is 29.7 Å². The maximum Gasteiger partial charge on any atom is 0.490 e. The lowest BCUT2D eigenvalue weighted by Crippen LogP contribution is -2.45. The first-order valence-electron chi connectivity index (χ1n) is 9.61. The van der Waals surface area contributed by atoms with Crippen molar-refractivity contribution in [1.29, 1.82) is 0 Å². The Morgan fingerprint density at radius 1 is 1.22 bits per heavy atom. The summed E-state index contributed by atoms with van der Waals surface area (Å²) in [4.78, 5) is 48.0. The van der Waals surface area contributed by atoms with E-state index in [0.29, 0.717) is 0 Å². The lowest BCUT2D eigenvalue weighted by molar-refractivity contribution is -0.260. The van der Waals surface area contributed by atoms with Crippen LogP contribution in [0.2, 0.25) is 0 Å². The summed E-state index contributed by atoms with van der Waals surface area (Å²) in [6.45, 7) is -0.0158. The van der Waals surface area contributed by atoms with E-state index in [0.717, 1.165) is 10.9 Å². The van der Waals surface area contributed by atoms with Crippen molar-refractivity contribution >= 4 is 40.6 Å². The number of aliphatic hydroxyl groups excluding tert-OH is 1. The third kappa shape index (κ3) is 5.06. The van der Waals surface area contributed by atoms with Crippen LogP contribution in [0, 0.1) is 0 Å². The molecule has 2 aliphatic heterocycles.